The first-order valence-electron chi connectivity index (χ1n) is 8.82. The molecule has 132 valence electrons. The van der Waals surface area contributed by atoms with Gasteiger partial charge >= 0.3 is 0 Å². The van der Waals surface area contributed by atoms with Gasteiger partial charge in [-0.2, -0.15) is 0 Å². The van der Waals surface area contributed by atoms with Gasteiger partial charge in [0.15, 0.2) is 0 Å². The van der Waals surface area contributed by atoms with Crippen LogP contribution in [0.4, 0.5) is 0 Å². The second-order valence-corrected chi connectivity index (χ2v) is 7.05. The molecule has 3 nitrogen and oxygen atoms in total. The number of halogens is 1. The minimum absolute atomic E-state index is 0.189. The fraction of sp³-hybridized carbons (Fsp3) is 0.381. The van der Waals surface area contributed by atoms with Crippen molar-refractivity contribution in [3.63, 3.8) is 0 Å². The number of carbonyl (C=O) groups excluding carboxylic acids is 1. The van der Waals surface area contributed by atoms with Gasteiger partial charge in [-0.1, -0.05) is 42.3 Å². The van der Waals surface area contributed by atoms with Crippen LogP contribution in [0.2, 0.25) is 5.02 Å². The molecule has 3 rings (SSSR count). The summed E-state index contributed by atoms with van der Waals surface area (Å²) in [5, 5.41) is 0.753. The van der Waals surface area contributed by atoms with Crippen LogP contribution < -0.4 is 4.74 Å². The Hall–Kier alpha value is -2.00. The van der Waals surface area contributed by atoms with Crippen LogP contribution in [-0.2, 0) is 11.2 Å². The van der Waals surface area contributed by atoms with Gasteiger partial charge in [0.1, 0.15) is 5.75 Å². The Bertz CT molecular complexity index is 714. The van der Waals surface area contributed by atoms with Crippen molar-refractivity contribution in [1.82, 2.24) is 4.90 Å². The molecule has 2 aromatic rings. The molecule has 1 heterocycles. The molecular weight excluding hydrogens is 334 g/mol. The zero-order valence-corrected chi connectivity index (χ0v) is 15.3. The van der Waals surface area contributed by atoms with E-state index in [9.17, 15) is 4.79 Å². The normalized spacial score (nSPS) is 17.8. The maximum Gasteiger partial charge on any atom is 0.227 e. The highest BCUT2D eigenvalue weighted by Gasteiger charge is 2.23. The predicted molar refractivity (Wildman–Crippen MR) is 101 cm³/mol. The molecule has 1 atom stereocenters. The Balaban J connectivity index is 1.69. The third-order valence-electron chi connectivity index (χ3n) is 4.86. The molecule has 1 amide bonds. The van der Waals surface area contributed by atoms with Crippen LogP contribution in [0, 0.1) is 0 Å². The standard InChI is InChI=1S/C21H24ClNO2/c1-25-20-7-4-5-16(13-20)14-21(24)23-12-3-2-6-18(15-23)17-8-10-19(22)11-9-17/h4-5,7-11,13,18H,2-3,6,12,14-15H2,1H3/t18-/m1/s1. The lowest BCUT2D eigenvalue weighted by atomic mass is 9.94. The van der Waals surface area contributed by atoms with E-state index in [-0.39, 0.29) is 5.91 Å². The summed E-state index contributed by atoms with van der Waals surface area (Å²) in [5.74, 6) is 1.36. The number of hydrogen-bond acceptors (Lipinski definition) is 2. The van der Waals surface area contributed by atoms with Gasteiger partial charge in [0.05, 0.1) is 13.5 Å². The molecule has 25 heavy (non-hydrogen) atoms. The fourth-order valence-corrected chi connectivity index (χ4v) is 3.57. The van der Waals surface area contributed by atoms with Crippen LogP contribution in [0.3, 0.4) is 0 Å². The molecule has 0 spiro atoms. The van der Waals surface area contributed by atoms with Crippen LogP contribution in [0.25, 0.3) is 0 Å². The highest BCUT2D eigenvalue weighted by atomic mass is 35.5. The first-order chi connectivity index (χ1) is 12.2. The second kappa shape index (κ2) is 8.39. The van der Waals surface area contributed by atoms with E-state index in [1.807, 2.05) is 41.3 Å². The van der Waals surface area contributed by atoms with Crippen molar-refractivity contribution < 1.29 is 9.53 Å². The fourth-order valence-electron chi connectivity index (χ4n) is 3.44. The van der Waals surface area contributed by atoms with Crippen molar-refractivity contribution in [2.24, 2.45) is 0 Å². The molecule has 2 aromatic carbocycles. The minimum atomic E-state index is 0.189. The smallest absolute Gasteiger partial charge is 0.227 e. The maximum atomic E-state index is 12.8. The number of methoxy groups -OCH3 is 1. The van der Waals surface area contributed by atoms with Crippen LogP contribution >= 0.6 is 11.6 Å². The van der Waals surface area contributed by atoms with E-state index < -0.39 is 0 Å². The van der Waals surface area contributed by atoms with Crippen molar-refractivity contribution in [3.8, 4) is 5.75 Å². The van der Waals surface area contributed by atoms with Crippen molar-refractivity contribution in [2.75, 3.05) is 20.2 Å². The van der Waals surface area contributed by atoms with E-state index in [0.717, 1.165) is 48.7 Å². The summed E-state index contributed by atoms with van der Waals surface area (Å²) in [7, 11) is 1.65. The Morgan fingerprint density at radius 2 is 2.00 bits per heavy atom. The number of carbonyl (C=O) groups is 1. The van der Waals surface area contributed by atoms with Crippen molar-refractivity contribution in [2.45, 2.75) is 31.6 Å². The topological polar surface area (TPSA) is 29.5 Å². The molecule has 0 saturated carbocycles. The van der Waals surface area contributed by atoms with Crippen molar-refractivity contribution >= 4 is 17.5 Å². The van der Waals surface area contributed by atoms with Crippen LogP contribution in [0.15, 0.2) is 48.5 Å². The summed E-state index contributed by atoms with van der Waals surface area (Å²) in [6, 6.07) is 15.8. The van der Waals surface area contributed by atoms with Gasteiger partial charge in [-0.3, -0.25) is 4.79 Å². The Kier molecular flexibility index (Phi) is 5.98. The van der Waals surface area contributed by atoms with E-state index in [2.05, 4.69) is 12.1 Å². The van der Waals surface area contributed by atoms with Gasteiger partial charge in [0.2, 0.25) is 5.91 Å². The lowest BCUT2D eigenvalue weighted by Crippen LogP contribution is -2.35. The van der Waals surface area contributed by atoms with Gasteiger partial charge in [-0.05, 0) is 48.2 Å². The number of likely N-dealkylation sites (tertiary alicyclic amines) is 1. The van der Waals surface area contributed by atoms with E-state index >= 15 is 0 Å². The number of rotatable bonds is 4. The van der Waals surface area contributed by atoms with Crippen molar-refractivity contribution in [3.05, 3.63) is 64.7 Å². The molecule has 1 aliphatic rings. The molecule has 1 fully saturated rings. The molecule has 0 N–H and O–H groups in total. The number of benzene rings is 2. The predicted octanol–water partition coefficient (Wildman–Crippen LogP) is 4.69. The number of hydrogen-bond donors (Lipinski definition) is 0. The third-order valence-corrected chi connectivity index (χ3v) is 5.11. The number of nitrogens with zero attached hydrogens (tertiary/aromatic N) is 1. The zero-order chi connectivity index (χ0) is 17.6. The lowest BCUT2D eigenvalue weighted by molar-refractivity contribution is -0.130. The SMILES string of the molecule is COc1cccc(CC(=O)N2CCCC[C@@H](c3ccc(Cl)cc3)C2)c1. The van der Waals surface area contributed by atoms with Gasteiger partial charge in [-0.15, -0.1) is 0 Å². The quantitative estimate of drug-likeness (QED) is 0.794. The van der Waals surface area contributed by atoms with Crippen LogP contribution in [0.5, 0.6) is 5.75 Å². The number of amides is 1. The average molecular weight is 358 g/mol. The average Bonchev–Trinajstić information content (AvgIpc) is 2.89. The number of ether oxygens (including phenoxy) is 1. The lowest BCUT2D eigenvalue weighted by Gasteiger charge is -2.25. The van der Waals surface area contributed by atoms with Gasteiger partial charge in [0.25, 0.3) is 0 Å². The largest absolute Gasteiger partial charge is 0.497 e. The second-order valence-electron chi connectivity index (χ2n) is 6.61. The molecule has 0 radical (unpaired) electrons. The molecule has 0 aliphatic carbocycles. The monoisotopic (exact) mass is 357 g/mol. The first kappa shape index (κ1) is 17.8. The summed E-state index contributed by atoms with van der Waals surface area (Å²) in [6.07, 6.45) is 3.75. The highest BCUT2D eigenvalue weighted by molar-refractivity contribution is 6.30. The molecule has 0 bridgehead atoms. The van der Waals surface area contributed by atoms with E-state index in [1.165, 1.54) is 5.56 Å². The molecule has 0 aromatic heterocycles. The summed E-state index contributed by atoms with van der Waals surface area (Å²) >= 11 is 6.00. The minimum Gasteiger partial charge on any atom is -0.497 e. The summed E-state index contributed by atoms with van der Waals surface area (Å²) in [6.45, 7) is 1.62. The van der Waals surface area contributed by atoms with Gasteiger partial charge in [-0.25, -0.2) is 0 Å². The maximum absolute atomic E-state index is 12.8. The van der Waals surface area contributed by atoms with Crippen molar-refractivity contribution in [1.29, 1.82) is 0 Å². The summed E-state index contributed by atoms with van der Waals surface area (Å²) in [5.41, 5.74) is 2.27. The first-order valence-corrected chi connectivity index (χ1v) is 9.19. The summed E-state index contributed by atoms with van der Waals surface area (Å²) in [4.78, 5) is 14.8. The molecule has 4 heteroatoms. The van der Waals surface area contributed by atoms with Crippen LogP contribution in [0.1, 0.15) is 36.3 Å². The van der Waals surface area contributed by atoms with Crippen LogP contribution in [-0.4, -0.2) is 31.0 Å². The van der Waals surface area contributed by atoms with E-state index in [1.54, 1.807) is 7.11 Å². The Morgan fingerprint density at radius 3 is 2.76 bits per heavy atom. The Morgan fingerprint density at radius 1 is 1.20 bits per heavy atom. The summed E-state index contributed by atoms with van der Waals surface area (Å²) < 4.78 is 5.25. The van der Waals surface area contributed by atoms with E-state index in [0.29, 0.717) is 12.3 Å². The molecular formula is C21H24ClNO2. The molecule has 0 unspecified atom stereocenters. The zero-order valence-electron chi connectivity index (χ0n) is 14.6. The molecule has 1 saturated heterocycles. The Labute approximate surface area is 154 Å². The highest BCUT2D eigenvalue weighted by Crippen LogP contribution is 2.28. The van der Waals surface area contributed by atoms with E-state index in [4.69, 9.17) is 16.3 Å². The third kappa shape index (κ3) is 4.76. The van der Waals surface area contributed by atoms with Gasteiger partial charge in [0, 0.05) is 24.0 Å². The molecule has 1 aliphatic heterocycles. The van der Waals surface area contributed by atoms with Gasteiger partial charge < -0.3 is 9.64 Å².